The number of hydrogen-bond donors (Lipinski definition) is 0. The van der Waals surface area contributed by atoms with Crippen molar-refractivity contribution >= 4 is 8.88 Å². The van der Waals surface area contributed by atoms with Gasteiger partial charge in [-0.1, -0.05) is 0 Å². The van der Waals surface area contributed by atoms with Gasteiger partial charge in [0, 0.05) is 25.3 Å². The maximum Gasteiger partial charge on any atom is 0.522 e. The van der Waals surface area contributed by atoms with Crippen molar-refractivity contribution in [1.29, 1.82) is 0 Å². The van der Waals surface area contributed by atoms with Crippen LogP contribution in [0.4, 0.5) is 0 Å². The van der Waals surface area contributed by atoms with E-state index >= 15 is 0 Å². The molecule has 0 N–H and O–H groups in total. The average molecular weight is 274 g/mol. The summed E-state index contributed by atoms with van der Waals surface area (Å²) in [6, 6.07) is 0. The van der Waals surface area contributed by atoms with Gasteiger partial charge < -0.3 is 8.85 Å². The fraction of sp³-hybridized carbons (Fsp3) is 1.00. The summed E-state index contributed by atoms with van der Waals surface area (Å²) in [6.07, 6.45) is 1.16. The highest BCUT2D eigenvalue weighted by molar-refractivity contribution is 6.62. The predicted octanol–water partition coefficient (Wildman–Crippen LogP) is 2.32. The fourth-order valence-electron chi connectivity index (χ4n) is 2.86. The van der Waals surface area contributed by atoms with E-state index < -0.39 is 8.88 Å². The topological polar surface area (TPSA) is 24.9 Å². The first-order valence-corrected chi connectivity index (χ1v) is 8.46. The van der Waals surface area contributed by atoms with Crippen LogP contribution in [0.5, 0.6) is 0 Å². The van der Waals surface area contributed by atoms with Crippen LogP contribution >= 0.6 is 0 Å². The smallest absolute Gasteiger partial charge is 0.374 e. The summed E-state index contributed by atoms with van der Waals surface area (Å²) < 4.78 is 16.8. The Morgan fingerprint density at radius 1 is 0.778 bits per heavy atom. The molecule has 0 atom stereocenters. The molecule has 108 valence electrons. The fourth-order valence-corrected chi connectivity index (χ4v) is 6.77. The molecule has 18 heavy (non-hydrogen) atoms. The van der Waals surface area contributed by atoms with Crippen molar-refractivity contribution in [3.05, 3.63) is 0 Å². The second-order valence-electron chi connectivity index (χ2n) is 6.96. The quantitative estimate of drug-likeness (QED) is 0.722. The van der Waals surface area contributed by atoms with Crippen molar-refractivity contribution in [3.8, 4) is 0 Å². The second-order valence-corrected chi connectivity index (χ2v) is 9.95. The summed E-state index contributed by atoms with van der Waals surface area (Å²) in [7, 11) is 1.09. The molecular formula is C13H30N2O2Si. The molecule has 0 aliphatic carbocycles. The molecule has 0 amide bonds. The van der Waals surface area contributed by atoms with Crippen molar-refractivity contribution in [3.63, 3.8) is 0 Å². The van der Waals surface area contributed by atoms with Crippen molar-refractivity contribution in [2.45, 2.75) is 59.0 Å². The Morgan fingerprint density at radius 3 is 1.33 bits per heavy atom. The Kier molecular flexibility index (Phi) is 4.66. The Bertz CT molecular complexity index is 256. The largest absolute Gasteiger partial charge is 0.522 e. The van der Waals surface area contributed by atoms with E-state index in [2.05, 4.69) is 50.7 Å². The molecule has 1 rings (SSSR count). The van der Waals surface area contributed by atoms with Gasteiger partial charge >= 0.3 is 8.88 Å². The van der Waals surface area contributed by atoms with Crippen molar-refractivity contribution in [1.82, 2.24) is 9.13 Å². The van der Waals surface area contributed by atoms with Crippen molar-refractivity contribution in [2.24, 2.45) is 0 Å². The van der Waals surface area contributed by atoms with E-state index in [1.165, 1.54) is 0 Å². The van der Waals surface area contributed by atoms with Crippen LogP contribution in [-0.2, 0) is 8.85 Å². The van der Waals surface area contributed by atoms with Gasteiger partial charge in [-0.15, -0.1) is 0 Å². The summed E-state index contributed by atoms with van der Waals surface area (Å²) in [5.74, 6) is 0. The van der Waals surface area contributed by atoms with Gasteiger partial charge in [0.05, 0.1) is 0 Å². The van der Waals surface area contributed by atoms with Crippen LogP contribution in [-0.4, -0.2) is 56.4 Å². The third-order valence-corrected chi connectivity index (χ3v) is 7.81. The summed E-state index contributed by atoms with van der Waals surface area (Å²) >= 11 is 0. The minimum absolute atomic E-state index is 0.0577. The zero-order chi connectivity index (χ0) is 14.2. The van der Waals surface area contributed by atoms with E-state index in [9.17, 15) is 0 Å². The van der Waals surface area contributed by atoms with Crippen LogP contribution < -0.4 is 0 Å². The van der Waals surface area contributed by atoms with E-state index in [0.717, 1.165) is 19.5 Å². The van der Waals surface area contributed by atoms with Crippen LogP contribution in [0.1, 0.15) is 48.0 Å². The molecule has 5 heteroatoms. The first-order chi connectivity index (χ1) is 8.09. The third kappa shape index (κ3) is 2.80. The van der Waals surface area contributed by atoms with Gasteiger partial charge in [-0.05, 0) is 61.1 Å². The van der Waals surface area contributed by atoms with Crippen molar-refractivity contribution < 1.29 is 8.85 Å². The lowest BCUT2D eigenvalue weighted by atomic mass is 10.1. The monoisotopic (exact) mass is 274 g/mol. The Hall–Kier alpha value is 0.0569. The zero-order valence-electron chi connectivity index (χ0n) is 13.3. The molecule has 1 saturated heterocycles. The molecule has 0 radical (unpaired) electrons. The molecule has 1 heterocycles. The lowest BCUT2D eigenvalue weighted by Crippen LogP contribution is -2.78. The van der Waals surface area contributed by atoms with Crippen LogP contribution in [0.15, 0.2) is 0 Å². The molecule has 0 aromatic carbocycles. The third-order valence-electron chi connectivity index (χ3n) is 3.60. The SMILES string of the molecule is CO[Si]1(OC)N(C(C)(C)C)CCCN1C(C)(C)C. The summed E-state index contributed by atoms with van der Waals surface area (Å²) in [5.41, 5.74) is 0.115. The van der Waals surface area contributed by atoms with Crippen molar-refractivity contribution in [2.75, 3.05) is 27.3 Å². The maximum absolute atomic E-state index is 5.97. The molecule has 0 aromatic rings. The number of nitrogens with zero attached hydrogens (tertiary/aromatic N) is 2. The van der Waals surface area contributed by atoms with Gasteiger partial charge in [0.2, 0.25) is 0 Å². The van der Waals surface area contributed by atoms with E-state index in [1.54, 1.807) is 14.2 Å². The van der Waals surface area contributed by atoms with Gasteiger partial charge in [-0.3, -0.25) is 9.13 Å². The zero-order valence-corrected chi connectivity index (χ0v) is 14.3. The van der Waals surface area contributed by atoms with Gasteiger partial charge in [0.25, 0.3) is 0 Å². The van der Waals surface area contributed by atoms with Gasteiger partial charge in [-0.25, -0.2) is 0 Å². The van der Waals surface area contributed by atoms with Gasteiger partial charge in [0.15, 0.2) is 0 Å². The summed E-state index contributed by atoms with van der Waals surface area (Å²) in [6.45, 7) is 15.5. The van der Waals surface area contributed by atoms with Crippen LogP contribution in [0.2, 0.25) is 0 Å². The van der Waals surface area contributed by atoms with Crippen LogP contribution in [0, 0.1) is 0 Å². The highest BCUT2D eigenvalue weighted by atomic mass is 28.4. The molecule has 1 aliphatic heterocycles. The van der Waals surface area contributed by atoms with Gasteiger partial charge in [0.1, 0.15) is 0 Å². The normalized spacial score (nSPS) is 23.3. The molecule has 0 bridgehead atoms. The van der Waals surface area contributed by atoms with E-state index in [1.807, 2.05) is 0 Å². The molecule has 4 nitrogen and oxygen atoms in total. The maximum atomic E-state index is 5.97. The van der Waals surface area contributed by atoms with E-state index in [-0.39, 0.29) is 11.1 Å². The van der Waals surface area contributed by atoms with Crippen LogP contribution in [0.25, 0.3) is 0 Å². The van der Waals surface area contributed by atoms with E-state index in [4.69, 9.17) is 8.85 Å². The highest BCUT2D eigenvalue weighted by Crippen LogP contribution is 2.34. The minimum atomic E-state index is -2.49. The standard InChI is InChI=1S/C13H30N2O2Si/c1-12(2,3)14-10-9-11-15(13(4,5)6)18(14,16-7)17-8/h9-11H2,1-8H3. The molecule has 1 aliphatic rings. The van der Waals surface area contributed by atoms with Gasteiger partial charge in [-0.2, -0.15) is 0 Å². The lowest BCUT2D eigenvalue weighted by Gasteiger charge is -2.56. The first-order valence-electron chi connectivity index (χ1n) is 6.75. The molecule has 0 saturated carbocycles. The minimum Gasteiger partial charge on any atom is -0.374 e. The molecule has 0 spiro atoms. The molecule has 0 unspecified atom stereocenters. The number of rotatable bonds is 2. The van der Waals surface area contributed by atoms with Crippen LogP contribution in [0.3, 0.4) is 0 Å². The average Bonchev–Trinajstić information content (AvgIpc) is 2.25. The number of hydrogen-bond acceptors (Lipinski definition) is 4. The molecule has 0 aromatic heterocycles. The first kappa shape index (κ1) is 16.1. The van der Waals surface area contributed by atoms with E-state index in [0.29, 0.717) is 0 Å². The Morgan fingerprint density at radius 2 is 1.11 bits per heavy atom. The molecular weight excluding hydrogens is 244 g/mol. The Labute approximate surface area is 114 Å². The highest BCUT2D eigenvalue weighted by Gasteiger charge is 2.58. The summed E-state index contributed by atoms with van der Waals surface area (Å²) in [4.78, 5) is 0. The summed E-state index contributed by atoms with van der Waals surface area (Å²) in [5, 5.41) is 0. The second kappa shape index (κ2) is 5.21. The predicted molar refractivity (Wildman–Crippen MR) is 77.3 cm³/mol. The molecule has 1 fully saturated rings. The Balaban J connectivity index is 3.22. The lowest BCUT2D eigenvalue weighted by molar-refractivity contribution is 0.00324.